The van der Waals surface area contributed by atoms with Crippen LogP contribution in [0.5, 0.6) is 0 Å². The van der Waals surface area contributed by atoms with E-state index < -0.39 is 0 Å². The lowest BCUT2D eigenvalue weighted by Gasteiger charge is -2.26. The third-order valence-electron chi connectivity index (χ3n) is 3.72. The van der Waals surface area contributed by atoms with Crippen LogP contribution in [0.1, 0.15) is 19.3 Å². The van der Waals surface area contributed by atoms with E-state index in [4.69, 9.17) is 16.0 Å². The number of fused-ring (bicyclic) bond motifs is 1. The van der Waals surface area contributed by atoms with Crippen LogP contribution in [-0.4, -0.2) is 29.1 Å². The Kier molecular flexibility index (Phi) is 5.13. The number of hydrogen-bond donors (Lipinski definition) is 0. The molecule has 0 atom stereocenters. The molecule has 0 N–H and O–H groups in total. The van der Waals surface area contributed by atoms with Gasteiger partial charge < -0.3 is 9.32 Å². The topological polar surface area (TPSA) is 38.4 Å². The first-order chi connectivity index (χ1) is 9.24. The molecule has 2 aromatic rings. The molecule has 1 aromatic carbocycles. The molecule has 1 aliphatic rings. The van der Waals surface area contributed by atoms with Crippen molar-refractivity contribution in [1.82, 2.24) is 9.47 Å². The van der Waals surface area contributed by atoms with Crippen molar-refractivity contribution in [2.24, 2.45) is 0 Å². The standard InChI is InChI=1S/C14H17ClN2O2.ClH/c15-11-4-5-12-13(10-11)19-14(18)17(12)9-8-16-6-2-1-3-7-16;/h4-5,10H,1-3,6-9H2;1H. The molecule has 1 aliphatic heterocycles. The average molecular weight is 317 g/mol. The zero-order valence-corrected chi connectivity index (χ0v) is 12.8. The van der Waals surface area contributed by atoms with Gasteiger partial charge in [-0.05, 0) is 38.1 Å². The maximum absolute atomic E-state index is 11.9. The molecular formula is C14H18Cl2N2O2. The monoisotopic (exact) mass is 316 g/mol. The van der Waals surface area contributed by atoms with Crippen molar-refractivity contribution >= 4 is 35.1 Å². The van der Waals surface area contributed by atoms with Crippen LogP contribution in [-0.2, 0) is 6.54 Å². The first-order valence-electron chi connectivity index (χ1n) is 6.75. The first kappa shape index (κ1) is 15.4. The van der Waals surface area contributed by atoms with Crippen molar-refractivity contribution in [1.29, 1.82) is 0 Å². The quantitative estimate of drug-likeness (QED) is 0.873. The van der Waals surface area contributed by atoms with Crippen LogP contribution in [0.2, 0.25) is 5.02 Å². The van der Waals surface area contributed by atoms with Crippen molar-refractivity contribution in [2.45, 2.75) is 25.8 Å². The van der Waals surface area contributed by atoms with Crippen LogP contribution in [0, 0.1) is 0 Å². The summed E-state index contributed by atoms with van der Waals surface area (Å²) < 4.78 is 6.92. The molecule has 20 heavy (non-hydrogen) atoms. The lowest BCUT2D eigenvalue weighted by molar-refractivity contribution is 0.219. The summed E-state index contributed by atoms with van der Waals surface area (Å²) in [6.07, 6.45) is 3.84. The first-order valence-corrected chi connectivity index (χ1v) is 7.13. The Balaban J connectivity index is 0.00000147. The predicted molar refractivity (Wildman–Crippen MR) is 83.0 cm³/mol. The molecule has 1 aromatic heterocycles. The maximum Gasteiger partial charge on any atom is 0.419 e. The van der Waals surface area contributed by atoms with Gasteiger partial charge in [0.25, 0.3) is 0 Å². The van der Waals surface area contributed by atoms with Crippen LogP contribution in [0.15, 0.2) is 27.4 Å². The van der Waals surface area contributed by atoms with E-state index >= 15 is 0 Å². The number of benzene rings is 1. The van der Waals surface area contributed by atoms with Gasteiger partial charge in [-0.3, -0.25) is 4.57 Å². The molecule has 2 heterocycles. The van der Waals surface area contributed by atoms with Crippen molar-refractivity contribution in [3.8, 4) is 0 Å². The van der Waals surface area contributed by atoms with Gasteiger partial charge in [0.15, 0.2) is 5.58 Å². The minimum absolute atomic E-state index is 0. The fourth-order valence-electron chi connectivity index (χ4n) is 2.68. The summed E-state index contributed by atoms with van der Waals surface area (Å²) in [5, 5.41) is 0.587. The number of halogens is 2. The summed E-state index contributed by atoms with van der Waals surface area (Å²) in [4.78, 5) is 14.3. The predicted octanol–water partition coefficient (Wildman–Crippen LogP) is 3.16. The van der Waals surface area contributed by atoms with E-state index in [1.807, 2.05) is 6.07 Å². The number of oxazole rings is 1. The Bertz CT molecular complexity index is 630. The number of piperidine rings is 1. The lowest BCUT2D eigenvalue weighted by Crippen LogP contribution is -2.33. The fourth-order valence-corrected chi connectivity index (χ4v) is 2.84. The van der Waals surface area contributed by atoms with Gasteiger partial charge >= 0.3 is 5.76 Å². The molecule has 0 aliphatic carbocycles. The van der Waals surface area contributed by atoms with Gasteiger partial charge in [0, 0.05) is 24.2 Å². The summed E-state index contributed by atoms with van der Waals surface area (Å²) in [5.74, 6) is -0.297. The molecule has 6 heteroatoms. The smallest absolute Gasteiger partial charge is 0.408 e. The Hall–Kier alpha value is -0.970. The second-order valence-electron chi connectivity index (χ2n) is 5.03. The molecule has 1 fully saturated rings. The van der Waals surface area contributed by atoms with E-state index in [0.717, 1.165) is 25.2 Å². The number of hydrogen-bond acceptors (Lipinski definition) is 3. The highest BCUT2D eigenvalue weighted by Gasteiger charge is 2.13. The maximum atomic E-state index is 11.9. The van der Waals surface area contributed by atoms with Gasteiger partial charge in [-0.15, -0.1) is 12.4 Å². The molecule has 3 rings (SSSR count). The molecule has 110 valence electrons. The summed E-state index contributed by atoms with van der Waals surface area (Å²) in [6.45, 7) is 3.84. The van der Waals surface area contributed by atoms with E-state index in [9.17, 15) is 4.79 Å². The molecule has 0 spiro atoms. The van der Waals surface area contributed by atoms with E-state index in [1.165, 1.54) is 19.3 Å². The normalized spacial score (nSPS) is 16.2. The van der Waals surface area contributed by atoms with Gasteiger partial charge in [0.1, 0.15) is 0 Å². The van der Waals surface area contributed by atoms with Crippen LogP contribution in [0.25, 0.3) is 11.1 Å². The molecule has 0 amide bonds. The molecule has 1 saturated heterocycles. The second-order valence-corrected chi connectivity index (χ2v) is 5.47. The molecule has 4 nitrogen and oxygen atoms in total. The lowest BCUT2D eigenvalue weighted by atomic mass is 10.1. The molecule has 0 saturated carbocycles. The van der Waals surface area contributed by atoms with Crippen molar-refractivity contribution < 1.29 is 4.42 Å². The van der Waals surface area contributed by atoms with Crippen LogP contribution >= 0.6 is 24.0 Å². The Morgan fingerprint density at radius 2 is 1.90 bits per heavy atom. The van der Waals surface area contributed by atoms with Crippen LogP contribution in [0.3, 0.4) is 0 Å². The third kappa shape index (κ3) is 3.19. The summed E-state index contributed by atoms with van der Waals surface area (Å²) in [5.41, 5.74) is 1.39. The van der Waals surface area contributed by atoms with Crippen molar-refractivity contribution in [2.75, 3.05) is 19.6 Å². The number of likely N-dealkylation sites (tertiary alicyclic amines) is 1. The van der Waals surface area contributed by atoms with Crippen molar-refractivity contribution in [3.05, 3.63) is 33.8 Å². The van der Waals surface area contributed by atoms with Crippen LogP contribution in [0.4, 0.5) is 0 Å². The number of nitrogens with zero attached hydrogens (tertiary/aromatic N) is 2. The third-order valence-corrected chi connectivity index (χ3v) is 3.95. The minimum Gasteiger partial charge on any atom is -0.408 e. The van der Waals surface area contributed by atoms with Gasteiger partial charge in [0.2, 0.25) is 0 Å². The minimum atomic E-state index is -0.297. The summed E-state index contributed by atoms with van der Waals surface area (Å²) in [6, 6.07) is 5.32. The molecular weight excluding hydrogens is 299 g/mol. The number of rotatable bonds is 3. The summed E-state index contributed by atoms with van der Waals surface area (Å²) in [7, 11) is 0. The Labute approximate surface area is 128 Å². The molecule has 0 radical (unpaired) electrons. The van der Waals surface area contributed by atoms with E-state index in [1.54, 1.807) is 16.7 Å². The summed E-state index contributed by atoms with van der Waals surface area (Å²) >= 11 is 5.90. The highest BCUT2D eigenvalue weighted by atomic mass is 35.5. The van der Waals surface area contributed by atoms with E-state index in [2.05, 4.69) is 4.90 Å². The zero-order valence-electron chi connectivity index (χ0n) is 11.2. The largest absolute Gasteiger partial charge is 0.419 e. The second kappa shape index (κ2) is 6.66. The van der Waals surface area contributed by atoms with Crippen LogP contribution < -0.4 is 5.76 Å². The molecule has 0 bridgehead atoms. The van der Waals surface area contributed by atoms with Gasteiger partial charge in [-0.1, -0.05) is 18.0 Å². The number of aromatic nitrogens is 1. The zero-order chi connectivity index (χ0) is 13.2. The SMILES string of the molecule is Cl.O=c1oc2cc(Cl)ccc2n1CCN1CCCCC1. The van der Waals surface area contributed by atoms with Gasteiger partial charge in [0.05, 0.1) is 5.52 Å². The van der Waals surface area contributed by atoms with Gasteiger partial charge in [-0.2, -0.15) is 0 Å². The van der Waals surface area contributed by atoms with Gasteiger partial charge in [-0.25, -0.2) is 4.79 Å². The van der Waals surface area contributed by atoms with E-state index in [-0.39, 0.29) is 18.2 Å². The Morgan fingerprint density at radius 3 is 2.65 bits per heavy atom. The van der Waals surface area contributed by atoms with E-state index in [0.29, 0.717) is 17.2 Å². The highest BCUT2D eigenvalue weighted by Crippen LogP contribution is 2.18. The fraction of sp³-hybridized carbons (Fsp3) is 0.500. The van der Waals surface area contributed by atoms with Crippen molar-refractivity contribution in [3.63, 3.8) is 0 Å². The highest BCUT2D eigenvalue weighted by molar-refractivity contribution is 6.31. The average Bonchev–Trinajstić information content (AvgIpc) is 2.72. The Morgan fingerprint density at radius 1 is 1.15 bits per heavy atom. The molecule has 0 unspecified atom stereocenters.